The fourth-order valence-corrected chi connectivity index (χ4v) is 12.8. The minimum atomic E-state index is -4.40. The van der Waals surface area contributed by atoms with Gasteiger partial charge in [-0.05, 0) is 77.0 Å². The van der Waals surface area contributed by atoms with E-state index in [0.29, 0.717) is 6.42 Å². The van der Waals surface area contributed by atoms with E-state index in [2.05, 4.69) is 111 Å². The van der Waals surface area contributed by atoms with E-state index in [0.717, 1.165) is 89.9 Å². The van der Waals surface area contributed by atoms with E-state index in [-0.39, 0.29) is 38.6 Å². The molecule has 10 heteroatoms. The highest BCUT2D eigenvalue weighted by molar-refractivity contribution is 7.47. The van der Waals surface area contributed by atoms with Crippen molar-refractivity contribution in [1.82, 2.24) is 0 Å². The van der Waals surface area contributed by atoms with Gasteiger partial charge in [0, 0.05) is 19.4 Å². The quantitative estimate of drug-likeness (QED) is 0.0264. The number of nitrogens with two attached hydrogens (primary N) is 1. The number of rotatable bonds is 77. The third-order valence-electron chi connectivity index (χ3n) is 18.0. The summed E-state index contributed by atoms with van der Waals surface area (Å²) in [6.07, 6.45) is 110. The van der Waals surface area contributed by atoms with Crippen molar-refractivity contribution in [3.63, 3.8) is 0 Å². The molecule has 0 heterocycles. The van der Waals surface area contributed by atoms with E-state index in [9.17, 15) is 19.0 Å². The van der Waals surface area contributed by atoms with Crippen molar-refractivity contribution in [3.05, 3.63) is 97.2 Å². The van der Waals surface area contributed by atoms with E-state index in [1.54, 1.807) is 0 Å². The average molecular weight is 1350 g/mol. The number of phosphoric ester groups is 1. The lowest BCUT2D eigenvalue weighted by Crippen LogP contribution is -2.29. The molecule has 3 N–H and O–H groups in total. The fraction of sp³-hybridized carbons (Fsp3) is 0.788. The second-order valence-electron chi connectivity index (χ2n) is 27.3. The van der Waals surface area contributed by atoms with Crippen molar-refractivity contribution in [2.75, 3.05) is 26.4 Å². The van der Waals surface area contributed by atoms with Gasteiger partial charge in [0.15, 0.2) is 6.10 Å². The lowest BCUT2D eigenvalue weighted by molar-refractivity contribution is -0.161. The molecule has 0 aliphatic carbocycles. The van der Waals surface area contributed by atoms with Crippen molar-refractivity contribution < 1.29 is 37.6 Å². The number of carbonyl (C=O) groups excluding carboxylic acids is 2. The molecule has 95 heavy (non-hydrogen) atoms. The maximum Gasteiger partial charge on any atom is 0.472 e. The standard InChI is InChI=1S/C85H154NO8P/c1-3-5-7-9-11-13-15-17-19-21-23-25-27-29-31-33-35-37-39-41-43-45-47-49-51-53-55-57-59-61-63-65-67-69-71-73-75-77-84(87)91-81-83(82-93-95(89,90)92-80-79-86)94-85(88)78-76-74-72-70-68-66-64-62-60-58-56-54-52-50-48-46-44-42-40-38-36-34-32-30-28-26-24-22-20-18-16-14-12-10-8-6-4-2/h6,8,12,14,18,20,24,26,30,32,36,38,42,44,48,50,83H,3-5,7,9-11,13,15-17,19,21-23,25,27-29,31,33-35,37,39-41,43,45-47,49,51-82,86H2,1-2H3,(H,89,90)/b8-6-,14-12-,20-18-,26-24-,32-30-,38-36-,44-42-,50-48-. The summed E-state index contributed by atoms with van der Waals surface area (Å²) in [7, 11) is -4.40. The van der Waals surface area contributed by atoms with E-state index >= 15 is 0 Å². The van der Waals surface area contributed by atoms with E-state index < -0.39 is 26.5 Å². The summed E-state index contributed by atoms with van der Waals surface area (Å²) >= 11 is 0. The number of allylic oxidation sites excluding steroid dienone is 16. The molecular formula is C85H154NO8P. The molecule has 0 aliphatic rings. The van der Waals surface area contributed by atoms with Gasteiger partial charge in [0.1, 0.15) is 6.61 Å². The summed E-state index contributed by atoms with van der Waals surface area (Å²) in [6, 6.07) is 0. The Kier molecular flexibility index (Phi) is 77.3. The minimum absolute atomic E-state index is 0.0516. The third kappa shape index (κ3) is 79.8. The second kappa shape index (κ2) is 79.9. The molecule has 0 bridgehead atoms. The van der Waals surface area contributed by atoms with E-state index in [1.165, 1.54) is 276 Å². The predicted octanol–water partition coefficient (Wildman–Crippen LogP) is 27.4. The van der Waals surface area contributed by atoms with Gasteiger partial charge < -0.3 is 20.1 Å². The Bertz CT molecular complexity index is 1890. The van der Waals surface area contributed by atoms with E-state index in [1.807, 2.05) is 0 Å². The predicted molar refractivity (Wildman–Crippen MR) is 413 cm³/mol. The summed E-state index contributed by atoms with van der Waals surface area (Å²) in [5, 5.41) is 0. The summed E-state index contributed by atoms with van der Waals surface area (Å²) in [5.41, 5.74) is 5.42. The van der Waals surface area contributed by atoms with Crippen molar-refractivity contribution in [2.45, 2.75) is 405 Å². The number of carbonyl (C=O) groups is 2. The van der Waals surface area contributed by atoms with Crippen LogP contribution in [0.15, 0.2) is 97.2 Å². The van der Waals surface area contributed by atoms with Gasteiger partial charge in [-0.15, -0.1) is 0 Å². The molecule has 0 aromatic rings. The Balaban J connectivity index is 3.80. The van der Waals surface area contributed by atoms with Crippen LogP contribution in [0, 0.1) is 0 Å². The van der Waals surface area contributed by atoms with Crippen molar-refractivity contribution in [1.29, 1.82) is 0 Å². The average Bonchev–Trinajstić information content (AvgIpc) is 2.64. The molecule has 0 aliphatic heterocycles. The van der Waals surface area contributed by atoms with Gasteiger partial charge in [0.05, 0.1) is 13.2 Å². The van der Waals surface area contributed by atoms with Crippen LogP contribution < -0.4 is 5.73 Å². The van der Waals surface area contributed by atoms with Crippen LogP contribution in [0.4, 0.5) is 0 Å². The van der Waals surface area contributed by atoms with Crippen LogP contribution in [0.3, 0.4) is 0 Å². The first kappa shape index (κ1) is 91.9. The van der Waals surface area contributed by atoms with Gasteiger partial charge in [-0.1, -0.05) is 406 Å². The first-order valence-electron chi connectivity index (χ1n) is 40.7. The largest absolute Gasteiger partial charge is 0.472 e. The highest BCUT2D eigenvalue weighted by Crippen LogP contribution is 2.43. The minimum Gasteiger partial charge on any atom is -0.462 e. The zero-order valence-corrected chi connectivity index (χ0v) is 63.3. The molecule has 552 valence electrons. The Morgan fingerprint density at radius 1 is 0.326 bits per heavy atom. The first-order chi connectivity index (χ1) is 46.8. The van der Waals surface area contributed by atoms with Gasteiger partial charge in [-0.2, -0.15) is 0 Å². The molecule has 0 aromatic heterocycles. The van der Waals surface area contributed by atoms with Crippen LogP contribution in [0.25, 0.3) is 0 Å². The summed E-state index contributed by atoms with van der Waals surface area (Å²) in [6.45, 7) is 3.69. The highest BCUT2D eigenvalue weighted by Gasteiger charge is 2.26. The summed E-state index contributed by atoms with van der Waals surface area (Å²) in [5.74, 6) is -0.815. The second-order valence-corrected chi connectivity index (χ2v) is 28.7. The SMILES string of the molecule is CC/C=C\C/C=C\C/C=C\C/C=C\C/C=C\C/C=C\C/C=C\C/C=C\CCCCCCCCCCCCCCC(=O)OC(COC(=O)CCCCCCCCCCCCCCCCCCCCCCCCCCCCCCCCCCCCCCC)COP(=O)(O)OCCN. The maximum atomic E-state index is 12.8. The summed E-state index contributed by atoms with van der Waals surface area (Å²) < 4.78 is 33.3. The number of phosphoric acid groups is 1. The van der Waals surface area contributed by atoms with Crippen LogP contribution in [-0.4, -0.2) is 49.3 Å². The Labute approximate surface area is 588 Å². The molecule has 0 saturated carbocycles. The zero-order chi connectivity index (χ0) is 68.6. The Hall–Kier alpha value is -3.07. The van der Waals surface area contributed by atoms with Gasteiger partial charge in [-0.3, -0.25) is 18.6 Å². The summed E-state index contributed by atoms with van der Waals surface area (Å²) in [4.78, 5) is 35.5. The molecule has 0 amide bonds. The third-order valence-corrected chi connectivity index (χ3v) is 19.0. The highest BCUT2D eigenvalue weighted by atomic mass is 31.2. The molecule has 9 nitrogen and oxygen atoms in total. The number of unbranched alkanes of at least 4 members (excludes halogenated alkanes) is 48. The molecule has 2 atom stereocenters. The number of esters is 2. The maximum absolute atomic E-state index is 12.8. The molecular weight excluding hydrogens is 1190 g/mol. The number of hydrogen-bond donors (Lipinski definition) is 2. The number of hydrogen-bond acceptors (Lipinski definition) is 8. The molecule has 0 radical (unpaired) electrons. The van der Waals surface area contributed by atoms with Crippen LogP contribution in [0.1, 0.15) is 399 Å². The molecule has 2 unspecified atom stereocenters. The molecule has 0 saturated heterocycles. The van der Waals surface area contributed by atoms with Gasteiger partial charge in [0.2, 0.25) is 0 Å². The van der Waals surface area contributed by atoms with Crippen molar-refractivity contribution in [3.8, 4) is 0 Å². The topological polar surface area (TPSA) is 134 Å². The lowest BCUT2D eigenvalue weighted by Gasteiger charge is -2.19. The normalized spacial score (nSPS) is 13.3. The molecule has 0 spiro atoms. The van der Waals surface area contributed by atoms with Crippen LogP contribution in [0.5, 0.6) is 0 Å². The molecule has 0 fully saturated rings. The molecule has 0 aromatic carbocycles. The monoisotopic (exact) mass is 1350 g/mol. The Morgan fingerprint density at radius 3 is 0.863 bits per heavy atom. The fourth-order valence-electron chi connectivity index (χ4n) is 12.0. The van der Waals surface area contributed by atoms with Crippen LogP contribution in [0.2, 0.25) is 0 Å². The molecule has 0 rings (SSSR count). The van der Waals surface area contributed by atoms with Crippen molar-refractivity contribution in [2.24, 2.45) is 5.73 Å². The smallest absolute Gasteiger partial charge is 0.462 e. The van der Waals surface area contributed by atoms with Gasteiger partial charge >= 0.3 is 19.8 Å². The first-order valence-corrected chi connectivity index (χ1v) is 42.2. The van der Waals surface area contributed by atoms with Crippen LogP contribution in [-0.2, 0) is 32.7 Å². The van der Waals surface area contributed by atoms with Gasteiger partial charge in [0.25, 0.3) is 0 Å². The van der Waals surface area contributed by atoms with Gasteiger partial charge in [-0.25, -0.2) is 4.57 Å². The Morgan fingerprint density at radius 2 is 0.579 bits per heavy atom. The lowest BCUT2D eigenvalue weighted by atomic mass is 10.0. The number of ether oxygens (including phenoxy) is 2. The van der Waals surface area contributed by atoms with Crippen molar-refractivity contribution >= 4 is 19.8 Å². The van der Waals surface area contributed by atoms with Crippen LogP contribution >= 0.6 is 7.82 Å². The zero-order valence-electron chi connectivity index (χ0n) is 62.4. The van der Waals surface area contributed by atoms with E-state index in [4.69, 9.17) is 24.3 Å².